The Kier molecular flexibility index (Phi) is 4.36. The fourth-order valence-corrected chi connectivity index (χ4v) is 1.85. The van der Waals surface area contributed by atoms with Gasteiger partial charge in [-0.2, -0.15) is 0 Å². The van der Waals surface area contributed by atoms with E-state index in [2.05, 4.69) is 0 Å². The number of ether oxygens (including phenoxy) is 2. The van der Waals surface area contributed by atoms with Gasteiger partial charge in [0.25, 0.3) is 0 Å². The topological polar surface area (TPSA) is 48.7 Å². The number of hydrogen-bond donors (Lipinski definition) is 0. The quantitative estimate of drug-likeness (QED) is 0.775. The Balaban J connectivity index is 2.59. The van der Waals surface area contributed by atoms with Gasteiger partial charge in [-0.05, 0) is 13.0 Å². The molecule has 0 atom stereocenters. The van der Waals surface area contributed by atoms with Crippen LogP contribution in [0, 0.1) is 0 Å². The van der Waals surface area contributed by atoms with Crippen LogP contribution in [0.5, 0.6) is 0 Å². The van der Waals surface area contributed by atoms with Gasteiger partial charge < -0.3 is 13.9 Å². The van der Waals surface area contributed by atoms with Gasteiger partial charge in [-0.1, -0.05) is 24.3 Å². The molecule has 1 heterocycles. The van der Waals surface area contributed by atoms with Gasteiger partial charge in [0, 0.05) is 17.9 Å². The molecule has 0 saturated heterocycles. The number of hydrogen-bond acceptors (Lipinski definition) is 4. The fourth-order valence-electron chi connectivity index (χ4n) is 1.85. The van der Waals surface area contributed by atoms with Crippen LogP contribution in [-0.4, -0.2) is 26.3 Å². The predicted octanol–water partition coefficient (Wildman–Crippen LogP) is 1.20. The van der Waals surface area contributed by atoms with Crippen LogP contribution in [0.25, 0.3) is 22.9 Å². The number of carbonyl (C=O) groups is 1. The molecular weight excluding hydrogens is 244 g/mol. The minimum absolute atomic E-state index is 0.344. The van der Waals surface area contributed by atoms with E-state index in [0.29, 0.717) is 24.0 Å². The molecule has 4 nitrogen and oxygen atoms in total. The van der Waals surface area contributed by atoms with Crippen molar-refractivity contribution in [3.63, 3.8) is 0 Å². The zero-order valence-electron chi connectivity index (χ0n) is 11.0. The lowest BCUT2D eigenvalue weighted by Crippen LogP contribution is -2.07. The maximum atomic E-state index is 11.5. The zero-order chi connectivity index (χ0) is 13.7. The lowest BCUT2D eigenvalue weighted by atomic mass is 10.2. The van der Waals surface area contributed by atoms with Gasteiger partial charge in [-0.25, -0.2) is 4.79 Å². The molecule has 4 heteroatoms. The van der Waals surface area contributed by atoms with Crippen molar-refractivity contribution in [1.29, 1.82) is 0 Å². The molecule has 0 N–H and O–H groups in total. The second-order valence-electron chi connectivity index (χ2n) is 3.93. The Morgan fingerprint density at radius 3 is 2.58 bits per heavy atom. The smallest absolute Gasteiger partial charge is 0.334 e. The first-order valence-electron chi connectivity index (χ1n) is 6.11. The lowest BCUT2D eigenvalue weighted by molar-refractivity contribution is -0.135. The van der Waals surface area contributed by atoms with E-state index in [4.69, 9.17) is 13.9 Å². The van der Waals surface area contributed by atoms with E-state index in [1.54, 1.807) is 14.0 Å². The summed E-state index contributed by atoms with van der Waals surface area (Å²) < 4.78 is 15.6. The average Bonchev–Trinajstić information content (AvgIpc) is 2.75. The third-order valence-corrected chi connectivity index (χ3v) is 2.65. The Morgan fingerprint density at radius 2 is 1.95 bits per heavy atom. The molecular formula is C15H16O4. The standard InChI is InChI=1S/C15H16O4/c1-3-18-15(16)10-14-12-7-5-4-6-11(12)13(19-14)8-9-17-2/h4-8,10H,3,9H2,1-2H3/b13-8-,14-10-. The fraction of sp³-hybridized carbons (Fsp3) is 0.267. The van der Waals surface area contributed by atoms with Gasteiger partial charge >= 0.3 is 5.97 Å². The summed E-state index contributed by atoms with van der Waals surface area (Å²) in [6, 6.07) is 7.69. The van der Waals surface area contributed by atoms with Crippen LogP contribution in [0.15, 0.2) is 28.7 Å². The maximum absolute atomic E-state index is 11.5. The van der Waals surface area contributed by atoms with Crippen molar-refractivity contribution in [2.75, 3.05) is 20.3 Å². The number of fused-ring (bicyclic) bond motifs is 1. The molecule has 0 unspecified atom stereocenters. The van der Waals surface area contributed by atoms with E-state index in [1.165, 1.54) is 6.08 Å². The first-order chi connectivity index (χ1) is 9.26. The number of esters is 1. The van der Waals surface area contributed by atoms with Crippen LogP contribution in [0.3, 0.4) is 0 Å². The summed E-state index contributed by atoms with van der Waals surface area (Å²) in [6.45, 7) is 2.57. The van der Waals surface area contributed by atoms with Crippen LogP contribution >= 0.6 is 0 Å². The molecule has 0 aliphatic heterocycles. The van der Waals surface area contributed by atoms with Crippen molar-refractivity contribution in [2.24, 2.45) is 0 Å². The van der Waals surface area contributed by atoms with Crippen molar-refractivity contribution < 1.29 is 18.7 Å². The minimum Gasteiger partial charge on any atom is -0.463 e. The van der Waals surface area contributed by atoms with E-state index in [-0.39, 0.29) is 0 Å². The average molecular weight is 260 g/mol. The Hall–Kier alpha value is -2.07. The number of rotatable bonds is 4. The van der Waals surface area contributed by atoms with Crippen LogP contribution in [-0.2, 0) is 14.3 Å². The van der Waals surface area contributed by atoms with Gasteiger partial charge in [-0.15, -0.1) is 0 Å². The van der Waals surface area contributed by atoms with Gasteiger partial charge in [0.1, 0.15) is 10.8 Å². The van der Waals surface area contributed by atoms with Crippen molar-refractivity contribution in [2.45, 2.75) is 6.92 Å². The van der Waals surface area contributed by atoms with E-state index in [0.717, 1.165) is 10.8 Å². The molecule has 0 radical (unpaired) electrons. The molecule has 0 aliphatic rings. The van der Waals surface area contributed by atoms with Crippen LogP contribution < -0.4 is 10.8 Å². The van der Waals surface area contributed by atoms with E-state index >= 15 is 0 Å². The third-order valence-electron chi connectivity index (χ3n) is 2.65. The molecule has 0 fully saturated rings. The largest absolute Gasteiger partial charge is 0.463 e. The van der Waals surface area contributed by atoms with E-state index in [1.807, 2.05) is 30.3 Å². The Labute approximate surface area is 110 Å². The molecule has 0 saturated carbocycles. The van der Waals surface area contributed by atoms with Gasteiger partial charge in [0.15, 0.2) is 0 Å². The first-order valence-corrected chi connectivity index (χ1v) is 6.11. The summed E-state index contributed by atoms with van der Waals surface area (Å²) in [5, 5.41) is 1.84. The van der Waals surface area contributed by atoms with Crippen molar-refractivity contribution in [1.82, 2.24) is 0 Å². The second kappa shape index (κ2) is 6.20. The summed E-state index contributed by atoms with van der Waals surface area (Å²) in [5.74, 6) is -0.403. The summed E-state index contributed by atoms with van der Waals surface area (Å²) in [5.41, 5.74) is 1.21. The highest BCUT2D eigenvalue weighted by Gasteiger charge is 2.04. The van der Waals surface area contributed by atoms with Gasteiger partial charge in [0.05, 0.1) is 19.3 Å². The number of methoxy groups -OCH3 is 1. The second-order valence-corrected chi connectivity index (χ2v) is 3.93. The van der Waals surface area contributed by atoms with Crippen molar-refractivity contribution >= 4 is 28.9 Å². The van der Waals surface area contributed by atoms with Gasteiger partial charge in [0.2, 0.25) is 0 Å². The zero-order valence-corrected chi connectivity index (χ0v) is 11.0. The van der Waals surface area contributed by atoms with Crippen molar-refractivity contribution in [3.05, 3.63) is 35.1 Å². The molecule has 2 aromatic rings. The third kappa shape index (κ3) is 3.03. The molecule has 19 heavy (non-hydrogen) atoms. The minimum atomic E-state index is -0.403. The van der Waals surface area contributed by atoms with Crippen LogP contribution in [0.4, 0.5) is 0 Å². The number of furan rings is 1. The van der Waals surface area contributed by atoms with Gasteiger partial charge in [-0.3, -0.25) is 0 Å². The molecule has 0 spiro atoms. The monoisotopic (exact) mass is 260 g/mol. The lowest BCUT2D eigenvalue weighted by Gasteiger charge is -1.92. The first kappa shape index (κ1) is 13.4. The summed E-state index contributed by atoms with van der Waals surface area (Å²) in [7, 11) is 1.62. The molecule has 0 bridgehead atoms. The highest BCUT2D eigenvalue weighted by atomic mass is 16.5. The van der Waals surface area contributed by atoms with E-state index in [9.17, 15) is 4.79 Å². The number of benzene rings is 1. The molecule has 0 aliphatic carbocycles. The highest BCUT2D eigenvalue weighted by Crippen LogP contribution is 2.05. The molecule has 2 rings (SSSR count). The molecule has 1 aromatic heterocycles. The molecule has 100 valence electrons. The number of carbonyl (C=O) groups excluding carboxylic acids is 1. The Morgan fingerprint density at radius 1 is 1.26 bits per heavy atom. The van der Waals surface area contributed by atoms with E-state index < -0.39 is 5.97 Å². The summed E-state index contributed by atoms with van der Waals surface area (Å²) >= 11 is 0. The highest BCUT2D eigenvalue weighted by molar-refractivity contribution is 6.01. The van der Waals surface area contributed by atoms with Crippen LogP contribution in [0.1, 0.15) is 6.92 Å². The van der Waals surface area contributed by atoms with Crippen molar-refractivity contribution in [3.8, 4) is 0 Å². The van der Waals surface area contributed by atoms with Crippen LogP contribution in [0.2, 0.25) is 0 Å². The normalized spacial score (nSPS) is 13.2. The predicted molar refractivity (Wildman–Crippen MR) is 72.9 cm³/mol. The summed E-state index contributed by atoms with van der Waals surface area (Å²) in [6.07, 6.45) is 3.21. The Bertz CT molecular complexity index is 682. The summed E-state index contributed by atoms with van der Waals surface area (Å²) in [4.78, 5) is 11.5. The molecule has 0 amide bonds. The molecule has 1 aromatic carbocycles. The maximum Gasteiger partial charge on any atom is 0.334 e. The SMILES string of the molecule is CCOC(=O)/C=c1\o/c(=C\COC)c2ccccc12.